The van der Waals surface area contributed by atoms with Gasteiger partial charge >= 0.3 is 0 Å². The fourth-order valence-electron chi connectivity index (χ4n) is 3.52. The molecule has 0 saturated carbocycles. The molecule has 0 radical (unpaired) electrons. The Labute approximate surface area is 195 Å². The van der Waals surface area contributed by atoms with E-state index in [0.717, 1.165) is 44.2 Å². The van der Waals surface area contributed by atoms with E-state index in [4.69, 9.17) is 4.98 Å². The first-order valence-corrected chi connectivity index (χ1v) is 12.1. The number of rotatable bonds is 8. The minimum atomic E-state index is -0.0462. The molecule has 3 aromatic heterocycles. The minimum absolute atomic E-state index is 0.0462. The highest BCUT2D eigenvalue weighted by molar-refractivity contribution is 7.99. The van der Waals surface area contributed by atoms with Gasteiger partial charge in [-0.1, -0.05) is 42.1 Å². The highest BCUT2D eigenvalue weighted by Gasteiger charge is 2.18. The molecule has 0 aliphatic rings. The van der Waals surface area contributed by atoms with Crippen molar-refractivity contribution >= 4 is 40.3 Å². The molecule has 8 heteroatoms. The van der Waals surface area contributed by atoms with Crippen LogP contribution in [0.25, 0.3) is 16.8 Å². The molecule has 164 valence electrons. The monoisotopic (exact) mass is 464 g/mol. The Morgan fingerprint density at radius 1 is 1.12 bits per heavy atom. The van der Waals surface area contributed by atoms with Gasteiger partial charge in [0.25, 0.3) is 0 Å². The molecule has 32 heavy (non-hydrogen) atoms. The van der Waals surface area contributed by atoms with E-state index in [-0.39, 0.29) is 17.4 Å². The smallest absolute Gasteiger partial charge is 0.216 e. The Morgan fingerprint density at radius 3 is 2.66 bits per heavy atom. The first-order chi connectivity index (χ1) is 15.4. The van der Waals surface area contributed by atoms with E-state index < -0.39 is 0 Å². The van der Waals surface area contributed by atoms with E-state index in [0.29, 0.717) is 11.7 Å². The normalized spacial score (nSPS) is 11.1. The number of carbonyl (C=O) groups excluding carboxylic acids is 2. The second kappa shape index (κ2) is 9.67. The SMILES string of the molecule is CC(=O)NCCc1ccc(C(=O)CSc2nc(-c3ccccc3)c3c(C)cc(C)nn23)s1. The average molecular weight is 465 g/mol. The van der Waals surface area contributed by atoms with Crippen LogP contribution < -0.4 is 5.32 Å². The summed E-state index contributed by atoms with van der Waals surface area (Å²) >= 11 is 2.89. The second-order valence-electron chi connectivity index (χ2n) is 7.55. The maximum absolute atomic E-state index is 12.8. The molecule has 0 aliphatic carbocycles. The van der Waals surface area contributed by atoms with Crippen LogP contribution in [0.5, 0.6) is 0 Å². The van der Waals surface area contributed by atoms with Crippen LogP contribution in [0.4, 0.5) is 0 Å². The summed E-state index contributed by atoms with van der Waals surface area (Å²) in [5, 5.41) is 8.17. The van der Waals surface area contributed by atoms with Gasteiger partial charge in [-0.3, -0.25) is 9.59 Å². The van der Waals surface area contributed by atoms with Crippen molar-refractivity contribution in [3.05, 3.63) is 69.5 Å². The van der Waals surface area contributed by atoms with Crippen LogP contribution >= 0.6 is 23.1 Å². The van der Waals surface area contributed by atoms with Gasteiger partial charge < -0.3 is 5.32 Å². The van der Waals surface area contributed by atoms with Crippen molar-refractivity contribution in [3.63, 3.8) is 0 Å². The number of hydrogen-bond donors (Lipinski definition) is 1. The van der Waals surface area contributed by atoms with Crippen molar-refractivity contribution in [3.8, 4) is 11.3 Å². The number of carbonyl (C=O) groups is 2. The summed E-state index contributed by atoms with van der Waals surface area (Å²) in [5.74, 6) is 0.302. The number of thiophene rings is 1. The number of aryl methyl sites for hydroxylation is 2. The van der Waals surface area contributed by atoms with Crippen molar-refractivity contribution < 1.29 is 9.59 Å². The van der Waals surface area contributed by atoms with Crippen molar-refractivity contribution in [1.29, 1.82) is 0 Å². The molecule has 4 rings (SSSR count). The molecule has 6 nitrogen and oxygen atoms in total. The number of hydrogen-bond acceptors (Lipinski definition) is 6. The van der Waals surface area contributed by atoms with Crippen molar-refractivity contribution in [1.82, 2.24) is 19.9 Å². The Balaban J connectivity index is 1.54. The molecule has 0 unspecified atom stereocenters. The molecular weight excluding hydrogens is 440 g/mol. The first kappa shape index (κ1) is 22.2. The summed E-state index contributed by atoms with van der Waals surface area (Å²) in [6.07, 6.45) is 0.721. The molecule has 0 bridgehead atoms. The molecule has 1 N–H and O–H groups in total. The standard InChI is InChI=1S/C24H24N4O2S2/c1-15-13-16(2)27-28-23(15)22(18-7-5-4-6-8-18)26-24(28)31-14-20(30)21-10-9-19(32-21)11-12-25-17(3)29/h4-10,13H,11-12,14H2,1-3H3,(H,25,29). The molecule has 1 aromatic carbocycles. The Hall–Kier alpha value is -2.97. The number of nitrogens with zero attached hydrogens (tertiary/aromatic N) is 3. The third kappa shape index (κ3) is 4.92. The molecular formula is C24H24N4O2S2. The number of amides is 1. The number of fused-ring (bicyclic) bond motifs is 1. The highest BCUT2D eigenvalue weighted by Crippen LogP contribution is 2.31. The molecule has 0 aliphatic heterocycles. The fourth-order valence-corrected chi connectivity index (χ4v) is 5.38. The molecule has 0 spiro atoms. The van der Waals surface area contributed by atoms with Crippen LogP contribution in [0.2, 0.25) is 0 Å². The third-order valence-electron chi connectivity index (χ3n) is 4.94. The van der Waals surface area contributed by atoms with Crippen LogP contribution in [0, 0.1) is 13.8 Å². The zero-order valence-electron chi connectivity index (χ0n) is 18.2. The number of nitrogens with one attached hydrogen (secondary N) is 1. The van der Waals surface area contributed by atoms with Crippen LogP contribution in [-0.4, -0.2) is 38.6 Å². The maximum Gasteiger partial charge on any atom is 0.216 e. The van der Waals surface area contributed by atoms with Crippen LogP contribution in [0.15, 0.2) is 53.7 Å². The highest BCUT2D eigenvalue weighted by atomic mass is 32.2. The van der Waals surface area contributed by atoms with Gasteiger partial charge in [-0.15, -0.1) is 11.3 Å². The van der Waals surface area contributed by atoms with E-state index in [1.807, 2.05) is 53.9 Å². The van der Waals surface area contributed by atoms with Gasteiger partial charge in [-0.2, -0.15) is 5.10 Å². The fraction of sp³-hybridized carbons (Fsp3) is 0.250. The van der Waals surface area contributed by atoms with Crippen LogP contribution in [0.1, 0.15) is 32.7 Å². The van der Waals surface area contributed by atoms with Crippen molar-refractivity contribution in [2.45, 2.75) is 32.3 Å². The molecule has 1 amide bonds. The topological polar surface area (TPSA) is 76.4 Å². The Kier molecular flexibility index (Phi) is 6.72. The van der Waals surface area contributed by atoms with Crippen LogP contribution in [-0.2, 0) is 11.2 Å². The van der Waals surface area contributed by atoms with E-state index in [1.165, 1.54) is 30.0 Å². The van der Waals surface area contributed by atoms with E-state index in [2.05, 4.69) is 23.4 Å². The number of thioether (sulfide) groups is 1. The number of benzene rings is 1. The summed E-state index contributed by atoms with van der Waals surface area (Å²) in [6, 6.07) is 15.9. The van der Waals surface area contributed by atoms with Gasteiger partial charge in [0.05, 0.1) is 27.5 Å². The van der Waals surface area contributed by atoms with E-state index in [1.54, 1.807) is 0 Å². The zero-order valence-corrected chi connectivity index (χ0v) is 19.8. The summed E-state index contributed by atoms with van der Waals surface area (Å²) in [6.45, 7) is 6.10. The molecule has 0 atom stereocenters. The van der Waals surface area contributed by atoms with E-state index in [9.17, 15) is 9.59 Å². The van der Waals surface area contributed by atoms with Gasteiger partial charge in [0.1, 0.15) is 0 Å². The molecule has 4 aromatic rings. The average Bonchev–Trinajstić information content (AvgIpc) is 3.37. The number of aromatic nitrogens is 3. The lowest BCUT2D eigenvalue weighted by Gasteiger charge is -2.04. The molecule has 0 saturated heterocycles. The maximum atomic E-state index is 12.8. The third-order valence-corrected chi connectivity index (χ3v) is 7.06. The lowest BCUT2D eigenvalue weighted by Crippen LogP contribution is -2.22. The van der Waals surface area contributed by atoms with Gasteiger partial charge in [0, 0.05) is 23.9 Å². The number of imidazole rings is 1. The van der Waals surface area contributed by atoms with E-state index >= 15 is 0 Å². The first-order valence-electron chi connectivity index (χ1n) is 10.3. The molecule has 0 fully saturated rings. The summed E-state index contributed by atoms with van der Waals surface area (Å²) in [4.78, 5) is 30.5. The molecule has 3 heterocycles. The zero-order chi connectivity index (χ0) is 22.7. The number of ketones is 1. The van der Waals surface area contributed by atoms with Gasteiger partial charge in [0.15, 0.2) is 10.9 Å². The summed E-state index contributed by atoms with van der Waals surface area (Å²) < 4.78 is 1.86. The Morgan fingerprint density at radius 2 is 1.91 bits per heavy atom. The predicted octanol–water partition coefficient (Wildman–Crippen LogP) is 4.73. The second-order valence-corrected chi connectivity index (χ2v) is 9.66. The minimum Gasteiger partial charge on any atom is -0.356 e. The summed E-state index contributed by atoms with van der Waals surface area (Å²) in [5.41, 5.74) is 4.88. The van der Waals surface area contributed by atoms with Crippen molar-refractivity contribution in [2.24, 2.45) is 0 Å². The number of Topliss-reactive ketones (excluding diaryl/α,β-unsaturated/α-hetero) is 1. The van der Waals surface area contributed by atoms with Crippen LogP contribution in [0.3, 0.4) is 0 Å². The summed E-state index contributed by atoms with van der Waals surface area (Å²) in [7, 11) is 0. The lowest BCUT2D eigenvalue weighted by atomic mass is 10.1. The van der Waals surface area contributed by atoms with Crippen molar-refractivity contribution in [2.75, 3.05) is 12.3 Å². The largest absolute Gasteiger partial charge is 0.356 e. The lowest BCUT2D eigenvalue weighted by molar-refractivity contribution is -0.118. The van der Waals surface area contributed by atoms with Gasteiger partial charge in [-0.25, -0.2) is 9.50 Å². The Bertz CT molecular complexity index is 1280. The van der Waals surface area contributed by atoms with Gasteiger partial charge in [0.2, 0.25) is 5.91 Å². The quantitative estimate of drug-likeness (QED) is 0.301. The predicted molar refractivity (Wildman–Crippen MR) is 130 cm³/mol. The van der Waals surface area contributed by atoms with Gasteiger partial charge in [-0.05, 0) is 44.0 Å².